The van der Waals surface area contributed by atoms with Crippen LogP contribution in [0.2, 0.25) is 0 Å². The Morgan fingerprint density at radius 3 is 2.86 bits per heavy atom. The highest BCUT2D eigenvalue weighted by atomic mass is 16.4. The van der Waals surface area contributed by atoms with Crippen molar-refractivity contribution in [3.8, 4) is 11.6 Å². The van der Waals surface area contributed by atoms with E-state index in [2.05, 4.69) is 15.3 Å². The molecule has 0 saturated carbocycles. The summed E-state index contributed by atoms with van der Waals surface area (Å²) >= 11 is 0. The van der Waals surface area contributed by atoms with Gasteiger partial charge >= 0.3 is 0 Å². The molecule has 74 valence electrons. The van der Waals surface area contributed by atoms with Gasteiger partial charge < -0.3 is 10.2 Å². The molecule has 2 N–H and O–H groups in total. The lowest BCUT2D eigenvalue weighted by Gasteiger charge is -1.87. The van der Waals surface area contributed by atoms with Gasteiger partial charge in [0.2, 0.25) is 5.89 Å². The summed E-state index contributed by atoms with van der Waals surface area (Å²) in [7, 11) is 1.79. The molecule has 0 bridgehead atoms. The van der Waals surface area contributed by atoms with Gasteiger partial charge in [0.25, 0.3) is 0 Å². The highest BCUT2D eigenvalue weighted by molar-refractivity contribution is 5.44. The van der Waals surface area contributed by atoms with Crippen LogP contribution < -0.4 is 5.73 Å². The van der Waals surface area contributed by atoms with Crippen molar-refractivity contribution in [2.75, 3.05) is 0 Å². The minimum absolute atomic E-state index is 0.346. The third-order valence-corrected chi connectivity index (χ3v) is 1.90. The first kappa shape index (κ1) is 8.89. The molecule has 0 amide bonds. The quantitative estimate of drug-likeness (QED) is 0.738. The average molecular weight is 193 g/mol. The highest BCUT2D eigenvalue weighted by Gasteiger charge is 2.12. The van der Waals surface area contributed by atoms with Crippen LogP contribution in [-0.2, 0) is 13.6 Å². The molecule has 2 rings (SSSR count). The maximum Gasteiger partial charge on any atom is 0.249 e. The molecule has 0 spiro atoms. The lowest BCUT2D eigenvalue weighted by atomic mass is 10.4. The molecule has 0 atom stereocenters. The Bertz CT molecular complexity index is 444. The SMILES string of the molecule is Cc1nc(-c2cn(C)nn2)oc1CN. The number of hydrogen-bond donors (Lipinski definition) is 1. The first-order valence-corrected chi connectivity index (χ1v) is 4.23. The van der Waals surface area contributed by atoms with Gasteiger partial charge in [-0.15, -0.1) is 5.10 Å². The van der Waals surface area contributed by atoms with E-state index < -0.39 is 0 Å². The zero-order valence-electron chi connectivity index (χ0n) is 8.06. The van der Waals surface area contributed by atoms with E-state index in [4.69, 9.17) is 10.2 Å². The fourth-order valence-electron chi connectivity index (χ4n) is 1.17. The van der Waals surface area contributed by atoms with Gasteiger partial charge in [0.15, 0.2) is 5.69 Å². The lowest BCUT2D eigenvalue weighted by Crippen LogP contribution is -1.95. The van der Waals surface area contributed by atoms with E-state index in [0.717, 1.165) is 5.69 Å². The van der Waals surface area contributed by atoms with Crippen LogP contribution in [0.25, 0.3) is 11.6 Å². The molecular weight excluding hydrogens is 182 g/mol. The topological polar surface area (TPSA) is 82.8 Å². The molecule has 0 radical (unpaired) electrons. The summed E-state index contributed by atoms with van der Waals surface area (Å²) in [6.45, 7) is 2.20. The van der Waals surface area contributed by atoms with Crippen molar-refractivity contribution < 1.29 is 4.42 Å². The second-order valence-corrected chi connectivity index (χ2v) is 3.01. The summed E-state index contributed by atoms with van der Waals surface area (Å²) in [6.07, 6.45) is 1.74. The summed E-state index contributed by atoms with van der Waals surface area (Å²) in [5.74, 6) is 1.15. The normalized spacial score (nSPS) is 10.8. The zero-order valence-corrected chi connectivity index (χ0v) is 8.06. The summed E-state index contributed by atoms with van der Waals surface area (Å²) < 4.78 is 7.01. The van der Waals surface area contributed by atoms with Crippen molar-refractivity contribution in [2.24, 2.45) is 12.8 Å². The molecule has 14 heavy (non-hydrogen) atoms. The third kappa shape index (κ3) is 1.39. The van der Waals surface area contributed by atoms with E-state index in [9.17, 15) is 0 Å². The summed E-state index contributed by atoms with van der Waals surface area (Å²) in [4.78, 5) is 4.20. The van der Waals surface area contributed by atoms with E-state index in [0.29, 0.717) is 23.9 Å². The summed E-state index contributed by atoms with van der Waals surface area (Å²) in [5.41, 5.74) is 6.89. The monoisotopic (exact) mass is 193 g/mol. The first-order valence-electron chi connectivity index (χ1n) is 4.23. The minimum Gasteiger partial charge on any atom is -0.438 e. The fourth-order valence-corrected chi connectivity index (χ4v) is 1.17. The van der Waals surface area contributed by atoms with Crippen LogP contribution in [0.4, 0.5) is 0 Å². The van der Waals surface area contributed by atoms with Gasteiger partial charge in [0, 0.05) is 7.05 Å². The van der Waals surface area contributed by atoms with Gasteiger partial charge in [-0.2, -0.15) is 0 Å². The Labute approximate surface area is 80.7 Å². The first-order chi connectivity index (χ1) is 6.70. The van der Waals surface area contributed by atoms with Gasteiger partial charge in [-0.3, -0.25) is 4.68 Å². The van der Waals surface area contributed by atoms with Crippen LogP contribution >= 0.6 is 0 Å². The van der Waals surface area contributed by atoms with E-state index >= 15 is 0 Å². The van der Waals surface area contributed by atoms with E-state index in [1.54, 1.807) is 17.9 Å². The molecule has 0 saturated heterocycles. The second-order valence-electron chi connectivity index (χ2n) is 3.01. The van der Waals surface area contributed by atoms with Gasteiger partial charge in [-0.1, -0.05) is 5.21 Å². The molecule has 6 heteroatoms. The van der Waals surface area contributed by atoms with Gasteiger partial charge in [0.1, 0.15) is 5.76 Å². The Hall–Kier alpha value is -1.69. The van der Waals surface area contributed by atoms with Crippen LogP contribution in [0.5, 0.6) is 0 Å². The lowest BCUT2D eigenvalue weighted by molar-refractivity contribution is 0.516. The molecule has 0 aromatic carbocycles. The van der Waals surface area contributed by atoms with Gasteiger partial charge in [0.05, 0.1) is 18.4 Å². The summed E-state index contributed by atoms with van der Waals surface area (Å²) in [5, 5.41) is 7.68. The van der Waals surface area contributed by atoms with Gasteiger partial charge in [-0.25, -0.2) is 4.98 Å². The minimum atomic E-state index is 0.346. The van der Waals surface area contributed by atoms with Crippen molar-refractivity contribution in [1.29, 1.82) is 0 Å². The van der Waals surface area contributed by atoms with Crippen LogP contribution in [0.1, 0.15) is 11.5 Å². The number of oxazole rings is 1. The smallest absolute Gasteiger partial charge is 0.249 e. The van der Waals surface area contributed by atoms with Crippen molar-refractivity contribution in [1.82, 2.24) is 20.0 Å². The Kier molecular flexibility index (Phi) is 2.05. The van der Waals surface area contributed by atoms with Crippen LogP contribution in [-0.4, -0.2) is 20.0 Å². The zero-order chi connectivity index (χ0) is 10.1. The number of aromatic nitrogens is 4. The van der Waals surface area contributed by atoms with Crippen molar-refractivity contribution in [2.45, 2.75) is 13.5 Å². The molecule has 6 nitrogen and oxygen atoms in total. The Morgan fingerprint density at radius 2 is 2.36 bits per heavy atom. The molecule has 0 aliphatic carbocycles. The molecule has 0 unspecified atom stereocenters. The number of hydrogen-bond acceptors (Lipinski definition) is 5. The Balaban J connectivity index is 2.42. The third-order valence-electron chi connectivity index (χ3n) is 1.90. The molecule has 0 aliphatic rings. The molecule has 0 aliphatic heterocycles. The molecular formula is C8H11N5O. The Morgan fingerprint density at radius 1 is 1.57 bits per heavy atom. The van der Waals surface area contributed by atoms with E-state index in [-0.39, 0.29) is 0 Å². The van der Waals surface area contributed by atoms with Crippen molar-refractivity contribution in [3.05, 3.63) is 17.7 Å². The summed E-state index contributed by atoms with van der Waals surface area (Å²) in [6, 6.07) is 0. The second kappa shape index (κ2) is 3.22. The van der Waals surface area contributed by atoms with Crippen LogP contribution in [0, 0.1) is 6.92 Å². The molecule has 2 aromatic rings. The van der Waals surface area contributed by atoms with Gasteiger partial charge in [-0.05, 0) is 6.92 Å². The maximum atomic E-state index is 5.47. The fraction of sp³-hybridized carbons (Fsp3) is 0.375. The predicted octanol–water partition coefficient (Wildman–Crippen LogP) is 0.237. The average Bonchev–Trinajstić information content (AvgIpc) is 2.71. The maximum absolute atomic E-state index is 5.47. The van der Waals surface area contributed by atoms with E-state index in [1.807, 2.05) is 6.92 Å². The largest absolute Gasteiger partial charge is 0.438 e. The van der Waals surface area contributed by atoms with Crippen LogP contribution in [0.3, 0.4) is 0 Å². The molecule has 2 aromatic heterocycles. The van der Waals surface area contributed by atoms with Crippen LogP contribution in [0.15, 0.2) is 10.6 Å². The van der Waals surface area contributed by atoms with E-state index in [1.165, 1.54) is 0 Å². The standard InChI is InChI=1S/C8H11N5O/c1-5-7(3-9)14-8(10-5)6-4-13(2)12-11-6/h4H,3,9H2,1-2H3. The van der Waals surface area contributed by atoms with Crippen molar-refractivity contribution >= 4 is 0 Å². The van der Waals surface area contributed by atoms with Crippen molar-refractivity contribution in [3.63, 3.8) is 0 Å². The molecule has 0 fully saturated rings. The predicted molar refractivity (Wildman–Crippen MR) is 49.1 cm³/mol. The number of aryl methyl sites for hydroxylation is 2. The number of nitrogens with zero attached hydrogens (tertiary/aromatic N) is 4. The molecule has 2 heterocycles. The number of rotatable bonds is 2. The number of nitrogens with two attached hydrogens (primary N) is 1. The highest BCUT2D eigenvalue weighted by Crippen LogP contribution is 2.18.